The maximum absolute atomic E-state index is 12.0. The molecule has 0 aromatic heterocycles. The van der Waals surface area contributed by atoms with Gasteiger partial charge in [0.25, 0.3) is 5.91 Å². The highest BCUT2D eigenvalue weighted by Gasteiger charge is 2.15. The fourth-order valence-corrected chi connectivity index (χ4v) is 2.96. The summed E-state index contributed by atoms with van der Waals surface area (Å²) in [4.78, 5) is 34.4. The molecular weight excluding hydrogens is 398 g/mol. The van der Waals surface area contributed by atoms with Crippen LogP contribution in [0.4, 0.5) is 0 Å². The number of rotatable bonds is 10. The first kappa shape index (κ1) is 22.9. The Kier molecular flexibility index (Phi) is 9.19. The van der Waals surface area contributed by atoms with Crippen LogP contribution in [0.3, 0.4) is 0 Å². The van der Waals surface area contributed by atoms with E-state index >= 15 is 0 Å². The van der Waals surface area contributed by atoms with E-state index in [1.807, 2.05) is 0 Å². The number of nitrogens with one attached hydrogen (secondary N) is 3. The number of esters is 1. The van der Waals surface area contributed by atoms with Crippen molar-refractivity contribution in [3.63, 3.8) is 0 Å². The van der Waals surface area contributed by atoms with E-state index in [1.165, 1.54) is 24.3 Å². The lowest BCUT2D eigenvalue weighted by atomic mass is 10.4. The summed E-state index contributed by atoms with van der Waals surface area (Å²) < 4.78 is 31.0. The van der Waals surface area contributed by atoms with Crippen LogP contribution in [0.1, 0.15) is 20.3 Å². The number of ether oxygens (including phenoxy) is 1. The van der Waals surface area contributed by atoms with Gasteiger partial charge >= 0.3 is 5.97 Å². The van der Waals surface area contributed by atoms with E-state index in [-0.39, 0.29) is 36.4 Å². The molecule has 1 aromatic rings. The summed E-state index contributed by atoms with van der Waals surface area (Å²) in [6.07, 6.45) is -0.256. The summed E-state index contributed by atoms with van der Waals surface area (Å²) in [5.41, 5.74) is 0. The first-order valence-corrected chi connectivity index (χ1v) is 9.93. The minimum absolute atomic E-state index is 0.0133. The molecule has 0 unspecified atom stereocenters. The van der Waals surface area contributed by atoms with Crippen LogP contribution in [0.25, 0.3) is 0 Å². The average molecular weight is 420 g/mol. The Labute approximate surface area is 162 Å². The van der Waals surface area contributed by atoms with Gasteiger partial charge in [0.05, 0.1) is 17.9 Å². The Morgan fingerprint density at radius 3 is 2.33 bits per heavy atom. The largest absolute Gasteiger partial charge is 0.456 e. The summed E-state index contributed by atoms with van der Waals surface area (Å²) in [7, 11) is -3.77. The summed E-state index contributed by atoms with van der Waals surface area (Å²) in [5.74, 6) is -1.75. The number of carbonyl (C=O) groups is 3. The zero-order valence-corrected chi connectivity index (χ0v) is 16.5. The van der Waals surface area contributed by atoms with Gasteiger partial charge in [-0.05, 0) is 38.1 Å². The molecule has 0 fully saturated rings. The van der Waals surface area contributed by atoms with Gasteiger partial charge in [-0.2, -0.15) is 0 Å². The molecule has 27 heavy (non-hydrogen) atoms. The van der Waals surface area contributed by atoms with Crippen molar-refractivity contribution in [2.45, 2.75) is 31.2 Å². The summed E-state index contributed by atoms with van der Waals surface area (Å²) in [6.45, 7) is 2.58. The van der Waals surface area contributed by atoms with E-state index in [1.54, 1.807) is 13.8 Å². The molecule has 0 radical (unpaired) electrons. The lowest BCUT2D eigenvalue weighted by Crippen LogP contribution is -2.41. The molecule has 1 rings (SSSR count). The third-order valence-electron chi connectivity index (χ3n) is 3.01. The number of carbonyl (C=O) groups excluding carboxylic acids is 3. The zero-order valence-electron chi connectivity index (χ0n) is 15.0. The van der Waals surface area contributed by atoms with Gasteiger partial charge < -0.3 is 15.4 Å². The van der Waals surface area contributed by atoms with Crippen molar-refractivity contribution in [2.75, 3.05) is 19.7 Å². The van der Waals surface area contributed by atoms with Crippen LogP contribution in [0.5, 0.6) is 0 Å². The van der Waals surface area contributed by atoms with Gasteiger partial charge in [0, 0.05) is 17.6 Å². The molecule has 0 aliphatic heterocycles. The number of hydrogen-bond acceptors (Lipinski definition) is 6. The predicted octanol–water partition coefficient (Wildman–Crippen LogP) is 0.192. The fraction of sp³-hybridized carbons (Fsp3) is 0.438. The molecule has 0 atom stereocenters. The summed E-state index contributed by atoms with van der Waals surface area (Å²) in [5, 5.41) is 5.29. The van der Waals surface area contributed by atoms with Gasteiger partial charge in [-0.15, -0.1) is 0 Å². The van der Waals surface area contributed by atoms with Crippen LogP contribution < -0.4 is 15.4 Å². The number of halogens is 1. The van der Waals surface area contributed by atoms with Gasteiger partial charge in [-0.25, -0.2) is 13.1 Å². The van der Waals surface area contributed by atoms with Crippen LogP contribution in [0.15, 0.2) is 29.2 Å². The van der Waals surface area contributed by atoms with E-state index in [4.69, 9.17) is 16.3 Å². The number of hydrogen-bond donors (Lipinski definition) is 3. The minimum Gasteiger partial charge on any atom is -0.456 e. The molecule has 0 saturated carbocycles. The Morgan fingerprint density at radius 1 is 1.11 bits per heavy atom. The van der Waals surface area contributed by atoms with Gasteiger partial charge in [0.2, 0.25) is 15.9 Å². The van der Waals surface area contributed by atoms with E-state index in [9.17, 15) is 22.8 Å². The van der Waals surface area contributed by atoms with Crippen LogP contribution >= 0.6 is 11.6 Å². The van der Waals surface area contributed by atoms with Crippen molar-refractivity contribution >= 4 is 39.4 Å². The van der Waals surface area contributed by atoms with Crippen LogP contribution in [-0.4, -0.2) is 51.9 Å². The summed E-state index contributed by atoms with van der Waals surface area (Å²) >= 11 is 5.70. The van der Waals surface area contributed by atoms with Crippen molar-refractivity contribution < 1.29 is 27.5 Å². The molecule has 0 aliphatic rings. The van der Waals surface area contributed by atoms with Crippen molar-refractivity contribution in [3.05, 3.63) is 29.3 Å². The zero-order chi connectivity index (χ0) is 20.4. The summed E-state index contributed by atoms with van der Waals surface area (Å²) in [6, 6.07) is 5.49. The highest BCUT2D eigenvalue weighted by molar-refractivity contribution is 7.89. The number of amides is 2. The van der Waals surface area contributed by atoms with E-state index in [0.717, 1.165) is 0 Å². The third kappa shape index (κ3) is 9.36. The normalized spacial score (nSPS) is 11.1. The number of sulfonamides is 1. The molecule has 150 valence electrons. The highest BCUT2D eigenvalue weighted by atomic mass is 35.5. The minimum atomic E-state index is -3.77. The maximum Gasteiger partial charge on any atom is 0.307 e. The Hall–Kier alpha value is -2.17. The molecule has 11 heteroatoms. The van der Waals surface area contributed by atoms with Crippen molar-refractivity contribution in [1.29, 1.82) is 0 Å². The molecule has 0 aliphatic carbocycles. The lowest BCUT2D eigenvalue weighted by molar-refractivity contribution is -0.148. The molecule has 0 heterocycles. The number of benzene rings is 1. The third-order valence-corrected chi connectivity index (χ3v) is 4.73. The second-order valence-corrected chi connectivity index (χ2v) is 7.96. The molecule has 1 aromatic carbocycles. The van der Waals surface area contributed by atoms with Crippen molar-refractivity contribution in [2.24, 2.45) is 0 Å². The Morgan fingerprint density at radius 2 is 1.74 bits per heavy atom. The Bertz CT molecular complexity index is 765. The van der Waals surface area contributed by atoms with Gasteiger partial charge in [-0.3, -0.25) is 14.4 Å². The SMILES string of the molecule is CC(C)NC(=O)CNC(=O)COC(=O)CCNS(=O)(=O)c1ccc(Cl)cc1. The van der Waals surface area contributed by atoms with E-state index in [0.29, 0.717) is 5.02 Å². The van der Waals surface area contributed by atoms with Crippen LogP contribution in [0.2, 0.25) is 5.02 Å². The molecule has 3 N–H and O–H groups in total. The monoisotopic (exact) mass is 419 g/mol. The second kappa shape index (κ2) is 10.9. The standard InChI is InChI=1S/C16H22ClN3O6S/c1-11(2)20-14(21)9-18-15(22)10-26-16(23)7-8-19-27(24,25)13-5-3-12(17)4-6-13/h3-6,11,19H,7-10H2,1-2H3,(H,18,22)(H,20,21). The topological polar surface area (TPSA) is 131 Å². The van der Waals surface area contributed by atoms with Crippen LogP contribution in [-0.2, 0) is 29.1 Å². The van der Waals surface area contributed by atoms with Gasteiger partial charge in [-0.1, -0.05) is 11.6 Å². The molecule has 0 spiro atoms. The molecule has 0 saturated heterocycles. The quantitative estimate of drug-likeness (QED) is 0.464. The first-order valence-electron chi connectivity index (χ1n) is 8.07. The molecule has 2 amide bonds. The van der Waals surface area contributed by atoms with Crippen LogP contribution in [0, 0.1) is 0 Å². The van der Waals surface area contributed by atoms with Gasteiger partial charge in [0.15, 0.2) is 6.61 Å². The van der Waals surface area contributed by atoms with E-state index < -0.39 is 28.5 Å². The Balaban J connectivity index is 2.28. The molecular formula is C16H22ClN3O6S. The average Bonchev–Trinajstić information content (AvgIpc) is 2.57. The van der Waals surface area contributed by atoms with Crippen molar-refractivity contribution in [3.8, 4) is 0 Å². The van der Waals surface area contributed by atoms with Crippen molar-refractivity contribution in [1.82, 2.24) is 15.4 Å². The molecule has 9 nitrogen and oxygen atoms in total. The van der Waals surface area contributed by atoms with Gasteiger partial charge in [0.1, 0.15) is 0 Å². The van der Waals surface area contributed by atoms with E-state index in [2.05, 4.69) is 15.4 Å². The first-order chi connectivity index (χ1) is 12.6. The fourth-order valence-electron chi connectivity index (χ4n) is 1.81. The molecule has 0 bridgehead atoms. The predicted molar refractivity (Wildman–Crippen MR) is 98.5 cm³/mol. The smallest absolute Gasteiger partial charge is 0.307 e. The highest BCUT2D eigenvalue weighted by Crippen LogP contribution is 2.13. The lowest BCUT2D eigenvalue weighted by Gasteiger charge is -2.10. The maximum atomic E-state index is 12.0. The second-order valence-electron chi connectivity index (χ2n) is 5.76.